The van der Waals surface area contributed by atoms with Crippen LogP contribution in [0.2, 0.25) is 10.0 Å². The van der Waals surface area contributed by atoms with E-state index >= 15 is 0 Å². The van der Waals surface area contributed by atoms with Crippen LogP contribution >= 0.6 is 23.2 Å². The van der Waals surface area contributed by atoms with Crippen LogP contribution in [-0.2, 0) is 26.2 Å². The van der Waals surface area contributed by atoms with E-state index < -0.39 is 33.4 Å². The molecule has 0 aromatic heterocycles. The predicted octanol–water partition coefficient (Wildman–Crippen LogP) is 4.92. The molecule has 212 valence electrons. The molecule has 1 unspecified atom stereocenters. The summed E-state index contributed by atoms with van der Waals surface area (Å²) >= 11 is 12.8. The number of hydrogen-bond donors (Lipinski definition) is 1. The Hall–Kier alpha value is -2.89. The molecule has 0 spiro atoms. The molecule has 0 aliphatic heterocycles. The van der Waals surface area contributed by atoms with Crippen molar-refractivity contribution in [2.45, 2.75) is 64.1 Å². The summed E-state index contributed by atoms with van der Waals surface area (Å²) in [5.41, 5.74) is 0.0430. The largest absolute Gasteiger partial charge is 0.352 e. The minimum atomic E-state index is -4.04. The summed E-state index contributed by atoms with van der Waals surface area (Å²) in [6, 6.07) is 8.95. The normalized spacial score (nSPS) is 14.9. The van der Waals surface area contributed by atoms with Crippen molar-refractivity contribution in [3.05, 3.63) is 68.2 Å². The highest BCUT2D eigenvalue weighted by Gasteiger charge is 2.33. The van der Waals surface area contributed by atoms with Crippen LogP contribution in [0.25, 0.3) is 0 Å². The first-order chi connectivity index (χ1) is 18.4. The lowest BCUT2D eigenvalue weighted by molar-refractivity contribution is -0.384. The maximum absolute atomic E-state index is 13.8. The number of benzene rings is 2. The van der Waals surface area contributed by atoms with Gasteiger partial charge in [0, 0.05) is 40.3 Å². The second-order valence-corrected chi connectivity index (χ2v) is 12.3. The molecule has 2 aromatic carbocycles. The summed E-state index contributed by atoms with van der Waals surface area (Å²) in [7, 11) is -4.04. The molecule has 39 heavy (non-hydrogen) atoms. The van der Waals surface area contributed by atoms with E-state index in [4.69, 9.17) is 23.2 Å². The number of nitrogens with zero attached hydrogens (tertiary/aromatic N) is 3. The Kier molecular flexibility index (Phi) is 10.6. The quantitative estimate of drug-likeness (QED) is 0.288. The highest BCUT2D eigenvalue weighted by Crippen LogP contribution is 2.28. The number of nitro groups is 1. The van der Waals surface area contributed by atoms with Crippen LogP contribution in [-0.4, -0.2) is 54.9 Å². The van der Waals surface area contributed by atoms with Gasteiger partial charge in [-0.05, 0) is 37.5 Å². The summed E-state index contributed by atoms with van der Waals surface area (Å²) < 4.78 is 26.3. The molecule has 0 radical (unpaired) electrons. The molecule has 1 saturated carbocycles. The van der Waals surface area contributed by atoms with Gasteiger partial charge in [0.15, 0.2) is 0 Å². The van der Waals surface area contributed by atoms with Crippen LogP contribution in [0.4, 0.5) is 11.4 Å². The van der Waals surface area contributed by atoms with Gasteiger partial charge in [0.2, 0.25) is 21.8 Å². The van der Waals surface area contributed by atoms with Gasteiger partial charge in [-0.25, -0.2) is 8.42 Å². The van der Waals surface area contributed by atoms with E-state index in [0.29, 0.717) is 15.6 Å². The third kappa shape index (κ3) is 8.06. The van der Waals surface area contributed by atoms with Crippen molar-refractivity contribution in [2.75, 3.05) is 17.1 Å². The van der Waals surface area contributed by atoms with E-state index in [2.05, 4.69) is 5.32 Å². The minimum absolute atomic E-state index is 0.00135. The van der Waals surface area contributed by atoms with Crippen molar-refractivity contribution in [2.24, 2.45) is 0 Å². The molecule has 13 heteroatoms. The zero-order chi connectivity index (χ0) is 28.7. The first-order valence-corrected chi connectivity index (χ1v) is 15.3. The monoisotopic (exact) mass is 598 g/mol. The van der Waals surface area contributed by atoms with E-state index in [0.717, 1.165) is 48.7 Å². The first-order valence-electron chi connectivity index (χ1n) is 12.7. The molecular formula is C26H32Cl2N4O6S. The van der Waals surface area contributed by atoms with Gasteiger partial charge in [0.1, 0.15) is 12.6 Å². The second-order valence-electron chi connectivity index (χ2n) is 9.54. The average Bonchev–Trinajstić information content (AvgIpc) is 2.88. The Bertz CT molecular complexity index is 1300. The number of carbonyl (C=O) groups excluding carboxylic acids is 2. The molecule has 2 amide bonds. The van der Waals surface area contributed by atoms with E-state index in [1.54, 1.807) is 25.1 Å². The zero-order valence-electron chi connectivity index (χ0n) is 21.8. The molecule has 1 atom stereocenters. The van der Waals surface area contributed by atoms with Gasteiger partial charge in [-0.2, -0.15) is 0 Å². The Balaban J connectivity index is 1.98. The number of sulfonamides is 1. The number of hydrogen-bond acceptors (Lipinski definition) is 6. The fourth-order valence-electron chi connectivity index (χ4n) is 4.69. The summed E-state index contributed by atoms with van der Waals surface area (Å²) in [6.45, 7) is 0.935. The number of halogens is 2. The van der Waals surface area contributed by atoms with Gasteiger partial charge in [-0.1, -0.05) is 61.5 Å². The van der Waals surface area contributed by atoms with E-state index in [1.165, 1.54) is 23.1 Å². The van der Waals surface area contributed by atoms with Crippen LogP contribution in [0.15, 0.2) is 42.5 Å². The Morgan fingerprint density at radius 3 is 2.28 bits per heavy atom. The number of anilines is 1. The van der Waals surface area contributed by atoms with Crippen molar-refractivity contribution >= 4 is 56.4 Å². The number of carbonyl (C=O) groups is 2. The number of rotatable bonds is 11. The third-order valence-corrected chi connectivity index (χ3v) is 8.58. The summed E-state index contributed by atoms with van der Waals surface area (Å²) in [5, 5.41) is 14.9. The SMILES string of the molecule is CCC(C(=O)NC1CCCCC1)N(Cc1c(Cl)cccc1Cl)C(=O)CN(c1cccc([N+](=O)[O-])c1)S(C)(=O)=O. The molecule has 1 N–H and O–H groups in total. The lowest BCUT2D eigenvalue weighted by atomic mass is 9.95. The molecule has 0 bridgehead atoms. The number of non-ortho nitro benzene ring substituents is 1. The van der Waals surface area contributed by atoms with Gasteiger partial charge in [0.25, 0.3) is 5.69 Å². The van der Waals surface area contributed by atoms with Crippen LogP contribution in [0, 0.1) is 10.1 Å². The van der Waals surface area contributed by atoms with Crippen LogP contribution in [0.5, 0.6) is 0 Å². The van der Waals surface area contributed by atoms with Crippen LogP contribution in [0.3, 0.4) is 0 Å². The Morgan fingerprint density at radius 1 is 1.10 bits per heavy atom. The molecule has 3 rings (SSSR count). The fraction of sp³-hybridized carbons (Fsp3) is 0.462. The highest BCUT2D eigenvalue weighted by atomic mass is 35.5. The molecular weight excluding hydrogens is 567 g/mol. The van der Waals surface area contributed by atoms with E-state index in [1.807, 2.05) is 0 Å². The summed E-state index contributed by atoms with van der Waals surface area (Å²) in [6.07, 6.45) is 5.97. The average molecular weight is 600 g/mol. The molecule has 1 aliphatic carbocycles. The molecule has 10 nitrogen and oxygen atoms in total. The third-order valence-electron chi connectivity index (χ3n) is 6.74. The summed E-state index contributed by atoms with van der Waals surface area (Å²) in [4.78, 5) is 39.2. The number of amides is 2. The standard InChI is InChI=1S/C26H32Cl2N4O6S/c1-3-24(26(34)29-18-9-5-4-6-10-18)30(16-21-22(27)13-8-14-23(21)28)25(33)17-31(39(2,37)38)19-11-7-12-20(15-19)32(35)36/h7-8,11-15,18,24H,3-6,9-10,16-17H2,1-2H3,(H,29,34). The van der Waals surface area contributed by atoms with Gasteiger partial charge in [-0.15, -0.1) is 0 Å². The summed E-state index contributed by atoms with van der Waals surface area (Å²) in [5.74, 6) is -1.03. The maximum atomic E-state index is 13.8. The molecule has 0 saturated heterocycles. The molecule has 1 aliphatic rings. The number of nitro benzene ring substituents is 1. The van der Waals surface area contributed by atoms with Crippen LogP contribution in [0.1, 0.15) is 51.0 Å². The lowest BCUT2D eigenvalue weighted by Crippen LogP contribution is -2.54. The van der Waals surface area contributed by atoms with Crippen molar-refractivity contribution in [1.82, 2.24) is 10.2 Å². The molecule has 2 aromatic rings. The zero-order valence-corrected chi connectivity index (χ0v) is 24.1. The fourth-order valence-corrected chi connectivity index (χ4v) is 6.05. The minimum Gasteiger partial charge on any atom is -0.352 e. The van der Waals surface area contributed by atoms with Gasteiger partial charge in [-0.3, -0.25) is 24.0 Å². The highest BCUT2D eigenvalue weighted by molar-refractivity contribution is 7.92. The smallest absolute Gasteiger partial charge is 0.271 e. The Morgan fingerprint density at radius 2 is 1.72 bits per heavy atom. The molecule has 0 heterocycles. The van der Waals surface area contributed by atoms with Gasteiger partial charge < -0.3 is 10.2 Å². The van der Waals surface area contributed by atoms with Crippen molar-refractivity contribution in [1.29, 1.82) is 0 Å². The second kappa shape index (κ2) is 13.5. The maximum Gasteiger partial charge on any atom is 0.271 e. The van der Waals surface area contributed by atoms with E-state index in [9.17, 15) is 28.1 Å². The van der Waals surface area contributed by atoms with Crippen LogP contribution < -0.4 is 9.62 Å². The van der Waals surface area contributed by atoms with Crippen molar-refractivity contribution < 1.29 is 22.9 Å². The van der Waals surface area contributed by atoms with E-state index in [-0.39, 0.29) is 36.3 Å². The van der Waals surface area contributed by atoms with Crippen molar-refractivity contribution in [3.8, 4) is 0 Å². The van der Waals surface area contributed by atoms with Gasteiger partial charge >= 0.3 is 0 Å². The van der Waals surface area contributed by atoms with Gasteiger partial charge in [0.05, 0.1) is 16.9 Å². The predicted molar refractivity (Wildman–Crippen MR) is 151 cm³/mol. The lowest BCUT2D eigenvalue weighted by Gasteiger charge is -2.34. The molecule has 1 fully saturated rings. The first kappa shape index (κ1) is 30.6. The Labute approximate surface area is 238 Å². The topological polar surface area (TPSA) is 130 Å². The van der Waals surface area contributed by atoms with Crippen molar-refractivity contribution in [3.63, 3.8) is 0 Å². The number of nitrogens with one attached hydrogen (secondary N) is 1.